The van der Waals surface area contributed by atoms with Gasteiger partial charge in [0.15, 0.2) is 0 Å². The van der Waals surface area contributed by atoms with Crippen LogP contribution in [0.3, 0.4) is 0 Å². The molecule has 79 heavy (non-hydrogen) atoms. The predicted octanol–water partition coefficient (Wildman–Crippen LogP) is 3.13. The topological polar surface area (TPSA) is 310 Å². The number of nitrogens with zero attached hydrogens (tertiary/aromatic N) is 7. The van der Waals surface area contributed by atoms with Crippen molar-refractivity contribution in [1.29, 1.82) is 0 Å². The van der Waals surface area contributed by atoms with Gasteiger partial charge in [0.05, 0.1) is 69.5 Å². The van der Waals surface area contributed by atoms with Gasteiger partial charge >= 0.3 is 11.7 Å². The summed E-state index contributed by atoms with van der Waals surface area (Å²) in [5, 5.41) is 36.9. The molecule has 0 bridgehead atoms. The number of amides is 7. The van der Waals surface area contributed by atoms with Gasteiger partial charge in [0, 0.05) is 67.8 Å². The van der Waals surface area contributed by atoms with Gasteiger partial charge in [0.25, 0.3) is 17.5 Å². The van der Waals surface area contributed by atoms with Gasteiger partial charge in [-0.3, -0.25) is 43.8 Å². The second kappa shape index (κ2) is 30.5. The number of nitro groups is 1. The maximum atomic E-state index is 16.2. The number of aryl methyl sites for hydroxylation is 1. The number of carbonyl (C=O) groups excluding carboxylic acids is 7. The number of benzene rings is 2. The van der Waals surface area contributed by atoms with E-state index in [-0.39, 0.29) is 93.7 Å². The molecule has 5 N–H and O–H groups in total. The zero-order valence-corrected chi connectivity index (χ0v) is 45.2. The van der Waals surface area contributed by atoms with Crippen molar-refractivity contribution in [3.63, 3.8) is 0 Å². The maximum Gasteiger partial charge on any atom is 0.340 e. The van der Waals surface area contributed by atoms with Crippen LogP contribution in [0.2, 0.25) is 0 Å². The van der Waals surface area contributed by atoms with E-state index in [0.717, 1.165) is 54.0 Å². The van der Waals surface area contributed by atoms with Crippen molar-refractivity contribution < 1.29 is 66.4 Å². The first-order valence-electron chi connectivity index (χ1n) is 25.8. The molecular formula is C52H66FN12O13S+. The van der Waals surface area contributed by atoms with E-state index in [2.05, 4.69) is 42.1 Å². The Bertz CT molecular complexity index is 2810. The average molecular weight is 1120 g/mol. The summed E-state index contributed by atoms with van der Waals surface area (Å²) in [5.41, 5.74) is 1.44. The molecule has 7 amide bonds. The third-order valence-corrected chi connectivity index (χ3v) is 13.7. The van der Waals surface area contributed by atoms with E-state index in [1.54, 1.807) is 55.9 Å². The quantitative estimate of drug-likeness (QED) is 0.0154. The van der Waals surface area contributed by atoms with E-state index in [0.29, 0.717) is 47.7 Å². The van der Waals surface area contributed by atoms with Gasteiger partial charge in [-0.05, 0) is 89.2 Å². The molecule has 0 unspecified atom stereocenters. The van der Waals surface area contributed by atoms with Gasteiger partial charge in [0.2, 0.25) is 34.6 Å². The maximum absolute atomic E-state index is 16.2. The SMILES string of the molecule is CC(C)[C@H](NC(=O)CCOCCOCCOCCOCCNC(=O)CCN1C(=O)C=CC1=O)C(=O)N[C@@H](C)C(=O)Nc1ccc(C[n+]2cc(C3CCCC3)cc(F)c2NC(=O)c2cc([N+](=O)[O-])ccc2Sc2nnnn2C)cc1. The molecule has 25 nitrogen and oxygen atoms in total. The molecule has 0 spiro atoms. The van der Waals surface area contributed by atoms with Crippen molar-refractivity contribution in [2.45, 2.75) is 93.9 Å². The van der Waals surface area contributed by atoms with Crippen LogP contribution in [-0.4, -0.2) is 149 Å². The third kappa shape index (κ3) is 18.8. The predicted molar refractivity (Wildman–Crippen MR) is 282 cm³/mol. The van der Waals surface area contributed by atoms with Crippen LogP contribution in [0.15, 0.2) is 76.9 Å². The molecule has 0 radical (unpaired) electrons. The van der Waals surface area contributed by atoms with Crippen LogP contribution in [0.1, 0.15) is 86.7 Å². The van der Waals surface area contributed by atoms with Crippen molar-refractivity contribution in [3.8, 4) is 0 Å². The second-order valence-corrected chi connectivity index (χ2v) is 19.8. The molecule has 0 saturated heterocycles. The second-order valence-electron chi connectivity index (χ2n) is 18.8. The molecule has 424 valence electrons. The Morgan fingerprint density at radius 3 is 2.09 bits per heavy atom. The molecule has 4 aromatic rings. The highest BCUT2D eigenvalue weighted by molar-refractivity contribution is 7.99. The molecule has 2 aliphatic rings. The van der Waals surface area contributed by atoms with Crippen molar-refractivity contribution in [2.75, 3.05) is 76.6 Å². The number of hydrogen-bond acceptors (Lipinski definition) is 17. The molecule has 1 aliphatic heterocycles. The number of imide groups is 1. The zero-order valence-electron chi connectivity index (χ0n) is 44.4. The first kappa shape index (κ1) is 60.6. The highest BCUT2D eigenvalue weighted by Crippen LogP contribution is 2.35. The number of tetrazole rings is 1. The largest absolute Gasteiger partial charge is 0.379 e. The standard InChI is InChI=1S/C52H65FN12O13S/c1-33(2)47(57-44(67)18-21-75-23-25-77-27-28-78-26-24-76-22-19-54-43(66)17-20-64-45(68)15-16-46(64)69)51(72)55-34(3)49(70)56-38-11-9-35(10-12-38)31-63-32-37(36-7-5-6-8-36)29-41(53)48(63)58-50(71)40-30-39(65(73)74)13-14-42(40)79-52-59-60-61-62(52)4/h9-16,29-30,32-34,36,47H,5-8,17-28,31H2,1-4H3,(H4,54,55,56,57,66,67,70,72)/p+1/t34-,47-/m0/s1. The third-order valence-electron chi connectivity index (χ3n) is 12.6. The molecule has 1 aliphatic carbocycles. The van der Waals surface area contributed by atoms with Crippen LogP contribution in [0.4, 0.5) is 21.6 Å². The van der Waals surface area contributed by atoms with Crippen molar-refractivity contribution >= 4 is 70.3 Å². The summed E-state index contributed by atoms with van der Waals surface area (Å²) < 4.78 is 41.1. The normalized spacial score (nSPS) is 14.1. The number of halogens is 1. The Morgan fingerprint density at radius 1 is 0.823 bits per heavy atom. The minimum atomic E-state index is -0.997. The zero-order chi connectivity index (χ0) is 56.8. The van der Waals surface area contributed by atoms with Gasteiger partial charge in [0.1, 0.15) is 18.6 Å². The number of aromatic nitrogens is 5. The number of rotatable bonds is 32. The number of anilines is 2. The lowest BCUT2D eigenvalue weighted by Gasteiger charge is -2.24. The molecular weight excluding hydrogens is 1050 g/mol. The van der Waals surface area contributed by atoms with Gasteiger partial charge in [-0.2, -0.15) is 4.39 Å². The summed E-state index contributed by atoms with van der Waals surface area (Å²) in [5.74, 6) is -4.49. The lowest BCUT2D eigenvalue weighted by atomic mass is 9.99. The van der Waals surface area contributed by atoms with Gasteiger partial charge in [-0.1, -0.05) is 38.8 Å². The van der Waals surface area contributed by atoms with E-state index in [1.165, 1.54) is 42.0 Å². The number of non-ortho nitro benzene ring substituents is 1. The molecule has 6 rings (SSSR count). The minimum Gasteiger partial charge on any atom is -0.379 e. The number of pyridine rings is 1. The number of nitrogens with one attached hydrogen (secondary N) is 5. The average Bonchev–Trinajstić information content (AvgIpc) is 4.22. The molecule has 1 fully saturated rings. The first-order chi connectivity index (χ1) is 38.0. The van der Waals surface area contributed by atoms with Crippen molar-refractivity contribution in [1.82, 2.24) is 41.1 Å². The fourth-order valence-corrected chi connectivity index (χ4v) is 9.12. The summed E-state index contributed by atoms with van der Waals surface area (Å²) in [6, 6.07) is 10.0. The molecule has 2 atom stereocenters. The highest BCUT2D eigenvalue weighted by atomic mass is 32.2. The fourth-order valence-electron chi connectivity index (χ4n) is 8.28. The van der Waals surface area contributed by atoms with Crippen LogP contribution in [0, 0.1) is 21.8 Å². The Labute approximate surface area is 459 Å². The summed E-state index contributed by atoms with van der Waals surface area (Å²) in [4.78, 5) is 101. The van der Waals surface area contributed by atoms with Crippen LogP contribution in [-0.2, 0) is 61.3 Å². The van der Waals surface area contributed by atoms with Gasteiger partial charge in [-0.15, -0.1) is 5.10 Å². The van der Waals surface area contributed by atoms with E-state index in [9.17, 15) is 43.7 Å². The molecule has 2 aromatic carbocycles. The molecule has 3 heterocycles. The van der Waals surface area contributed by atoms with Gasteiger partial charge < -0.3 is 40.2 Å². The minimum absolute atomic E-state index is 0.00290. The van der Waals surface area contributed by atoms with Crippen molar-refractivity contribution in [2.24, 2.45) is 13.0 Å². The Kier molecular flexibility index (Phi) is 23.4. The molecule has 2 aromatic heterocycles. The summed E-state index contributed by atoms with van der Waals surface area (Å²) in [6.45, 7) is 7.47. The van der Waals surface area contributed by atoms with E-state index in [4.69, 9.17) is 18.9 Å². The number of ether oxygens (including phenoxy) is 4. The molecule has 1 saturated carbocycles. The van der Waals surface area contributed by atoms with E-state index >= 15 is 4.39 Å². The van der Waals surface area contributed by atoms with E-state index in [1.807, 2.05) is 0 Å². The Balaban J connectivity index is 0.894. The van der Waals surface area contributed by atoms with E-state index < -0.39 is 58.3 Å². The summed E-state index contributed by atoms with van der Waals surface area (Å²) >= 11 is 1.01. The number of nitro benzene ring substituents is 1. The van der Waals surface area contributed by atoms with Crippen LogP contribution >= 0.6 is 11.8 Å². The summed E-state index contributed by atoms with van der Waals surface area (Å²) in [7, 11) is 1.60. The van der Waals surface area contributed by atoms with Crippen LogP contribution in [0.5, 0.6) is 0 Å². The number of hydrogen-bond donors (Lipinski definition) is 5. The van der Waals surface area contributed by atoms with Crippen LogP contribution in [0.25, 0.3) is 0 Å². The Hall–Kier alpha value is -7.59. The lowest BCUT2D eigenvalue weighted by molar-refractivity contribution is -0.675. The lowest BCUT2D eigenvalue weighted by Crippen LogP contribution is -2.53. The molecule has 27 heteroatoms. The Morgan fingerprint density at radius 2 is 1.47 bits per heavy atom. The first-order valence-corrected chi connectivity index (χ1v) is 26.6. The summed E-state index contributed by atoms with van der Waals surface area (Å²) in [6.07, 6.45) is 7.90. The van der Waals surface area contributed by atoms with Crippen molar-refractivity contribution in [3.05, 3.63) is 99.5 Å². The van der Waals surface area contributed by atoms with Gasteiger partial charge in [-0.25, -0.2) is 19.4 Å². The monoisotopic (exact) mass is 1120 g/mol. The van der Waals surface area contributed by atoms with Crippen LogP contribution < -0.4 is 31.2 Å². The fraction of sp³-hybridized carbons (Fsp3) is 0.481. The number of carbonyl (C=O) groups is 7. The highest BCUT2D eigenvalue weighted by Gasteiger charge is 2.31. The smallest absolute Gasteiger partial charge is 0.340 e.